The number of ether oxygens (including phenoxy) is 3. The monoisotopic (exact) mass is 527 g/mol. The molecule has 0 aliphatic heterocycles. The zero-order valence-electron chi connectivity index (χ0n) is 21.2. The van der Waals surface area contributed by atoms with Gasteiger partial charge in [-0.25, -0.2) is 14.5 Å². The van der Waals surface area contributed by atoms with E-state index in [-0.39, 0.29) is 13.2 Å². The van der Waals surface area contributed by atoms with Gasteiger partial charge in [-0.05, 0) is 55.0 Å². The van der Waals surface area contributed by atoms with E-state index < -0.39 is 5.97 Å². The lowest BCUT2D eigenvalue weighted by Gasteiger charge is -2.12. The number of oxazole rings is 1. The topological polar surface area (TPSA) is 122 Å². The van der Waals surface area contributed by atoms with Gasteiger partial charge in [0.2, 0.25) is 5.88 Å². The molecule has 3 heterocycles. The Bertz CT molecular complexity index is 1580. The minimum Gasteiger partial charge on any atom is -0.493 e. The molecule has 39 heavy (non-hydrogen) atoms. The van der Waals surface area contributed by atoms with Crippen LogP contribution in [0.25, 0.3) is 23.4 Å². The van der Waals surface area contributed by atoms with E-state index in [1.54, 1.807) is 48.5 Å². The van der Waals surface area contributed by atoms with E-state index in [0.717, 1.165) is 17.3 Å². The standard InChI is InChI=1S/C29H25N3O7/c1-19-23(30-29(39-19)25-9-6-14-36-25)18-37-24-12-10-20(15-26(24)35-2)17-38-28-21(11-13-27(33)34)16-32(31-28)22-7-4-3-5-8-22/h3-16H,17-18H2,1-2H3,(H,33,34). The van der Waals surface area contributed by atoms with Crippen LogP contribution in [0.2, 0.25) is 0 Å². The van der Waals surface area contributed by atoms with E-state index in [1.165, 1.54) is 6.08 Å². The first-order chi connectivity index (χ1) is 19.0. The molecular weight excluding hydrogens is 502 g/mol. The zero-order valence-corrected chi connectivity index (χ0v) is 21.2. The number of carboxylic acid groups (broad SMARTS) is 1. The fourth-order valence-corrected chi connectivity index (χ4v) is 3.76. The van der Waals surface area contributed by atoms with Crippen molar-refractivity contribution in [2.75, 3.05) is 7.11 Å². The quantitative estimate of drug-likeness (QED) is 0.216. The maximum atomic E-state index is 11.1. The molecule has 0 radical (unpaired) electrons. The van der Waals surface area contributed by atoms with Gasteiger partial charge < -0.3 is 28.2 Å². The molecule has 0 amide bonds. The summed E-state index contributed by atoms with van der Waals surface area (Å²) >= 11 is 0. The van der Waals surface area contributed by atoms with Gasteiger partial charge in [-0.15, -0.1) is 5.10 Å². The van der Waals surface area contributed by atoms with E-state index in [2.05, 4.69) is 10.1 Å². The van der Waals surface area contributed by atoms with Gasteiger partial charge in [0.15, 0.2) is 17.3 Å². The Morgan fingerprint density at radius 3 is 2.64 bits per heavy atom. The van der Waals surface area contributed by atoms with E-state index in [9.17, 15) is 4.79 Å². The van der Waals surface area contributed by atoms with Crippen molar-refractivity contribution in [3.63, 3.8) is 0 Å². The summed E-state index contributed by atoms with van der Waals surface area (Å²) in [5, 5.41) is 13.6. The Kier molecular flexibility index (Phi) is 7.44. The van der Waals surface area contributed by atoms with Crippen molar-refractivity contribution in [3.8, 4) is 34.7 Å². The lowest BCUT2D eigenvalue weighted by atomic mass is 10.2. The van der Waals surface area contributed by atoms with Crippen LogP contribution in [0.3, 0.4) is 0 Å². The summed E-state index contributed by atoms with van der Waals surface area (Å²) in [6.45, 7) is 2.17. The van der Waals surface area contributed by atoms with Crippen molar-refractivity contribution in [1.82, 2.24) is 14.8 Å². The molecule has 0 saturated carbocycles. The van der Waals surface area contributed by atoms with Gasteiger partial charge in [-0.2, -0.15) is 0 Å². The van der Waals surface area contributed by atoms with E-state index in [0.29, 0.717) is 46.0 Å². The third-order valence-corrected chi connectivity index (χ3v) is 5.73. The predicted octanol–water partition coefficient (Wildman–Crippen LogP) is 5.69. The van der Waals surface area contributed by atoms with Gasteiger partial charge in [0.1, 0.15) is 24.7 Å². The maximum absolute atomic E-state index is 11.1. The van der Waals surface area contributed by atoms with Gasteiger partial charge in [0.05, 0.1) is 24.6 Å². The Morgan fingerprint density at radius 1 is 1.05 bits per heavy atom. The summed E-state index contributed by atoms with van der Waals surface area (Å²) in [4.78, 5) is 15.5. The van der Waals surface area contributed by atoms with Crippen molar-refractivity contribution < 1.29 is 32.9 Å². The molecule has 10 nitrogen and oxygen atoms in total. The van der Waals surface area contributed by atoms with Crippen LogP contribution in [0.4, 0.5) is 0 Å². The average molecular weight is 528 g/mol. The third kappa shape index (κ3) is 6.02. The van der Waals surface area contributed by atoms with Crippen molar-refractivity contribution in [1.29, 1.82) is 0 Å². The fourth-order valence-electron chi connectivity index (χ4n) is 3.76. The van der Waals surface area contributed by atoms with Crippen LogP contribution < -0.4 is 14.2 Å². The second-order valence-electron chi connectivity index (χ2n) is 8.40. The van der Waals surface area contributed by atoms with Crippen LogP contribution in [0.15, 0.2) is 88.0 Å². The molecule has 10 heteroatoms. The minimum atomic E-state index is -1.06. The third-order valence-electron chi connectivity index (χ3n) is 5.73. The van der Waals surface area contributed by atoms with Gasteiger partial charge in [0, 0.05) is 12.3 Å². The Balaban J connectivity index is 1.29. The van der Waals surface area contributed by atoms with Crippen LogP contribution in [0.5, 0.6) is 17.4 Å². The van der Waals surface area contributed by atoms with E-state index in [4.69, 9.17) is 28.2 Å². The summed E-state index contributed by atoms with van der Waals surface area (Å²) in [5.41, 5.74) is 2.80. The molecule has 0 aliphatic carbocycles. The molecule has 5 aromatic rings. The van der Waals surface area contributed by atoms with Crippen molar-refractivity contribution in [2.45, 2.75) is 20.1 Å². The number of carboxylic acids is 1. The first kappa shape index (κ1) is 25.4. The van der Waals surface area contributed by atoms with Crippen LogP contribution >= 0.6 is 0 Å². The smallest absolute Gasteiger partial charge is 0.328 e. The van der Waals surface area contributed by atoms with Gasteiger partial charge in [0.25, 0.3) is 5.89 Å². The maximum Gasteiger partial charge on any atom is 0.328 e. The molecule has 0 atom stereocenters. The Hall–Kier alpha value is -5.25. The SMILES string of the molecule is COc1cc(COc2nn(-c3ccccc3)cc2C=CC(=O)O)ccc1OCc1nc(-c2ccco2)oc1C. The minimum absolute atomic E-state index is 0.172. The van der Waals surface area contributed by atoms with Crippen molar-refractivity contribution in [2.24, 2.45) is 0 Å². The molecule has 0 saturated heterocycles. The molecule has 0 bridgehead atoms. The number of benzene rings is 2. The van der Waals surface area contributed by atoms with Gasteiger partial charge in [-0.3, -0.25) is 0 Å². The summed E-state index contributed by atoms with van der Waals surface area (Å²) in [7, 11) is 1.56. The van der Waals surface area contributed by atoms with Gasteiger partial charge >= 0.3 is 5.97 Å². The molecule has 3 aromatic heterocycles. The number of methoxy groups -OCH3 is 1. The van der Waals surface area contributed by atoms with Gasteiger partial charge in [-0.1, -0.05) is 24.3 Å². The Labute approximate surface area is 223 Å². The lowest BCUT2D eigenvalue weighted by Crippen LogP contribution is -2.02. The first-order valence-corrected chi connectivity index (χ1v) is 12.0. The second-order valence-corrected chi connectivity index (χ2v) is 8.40. The number of rotatable bonds is 11. The molecule has 0 unspecified atom stereocenters. The highest BCUT2D eigenvalue weighted by Crippen LogP contribution is 2.31. The normalized spacial score (nSPS) is 11.1. The van der Waals surface area contributed by atoms with Crippen LogP contribution in [-0.2, 0) is 18.0 Å². The molecule has 0 spiro atoms. The Morgan fingerprint density at radius 2 is 1.90 bits per heavy atom. The van der Waals surface area contributed by atoms with E-state index in [1.807, 2.05) is 43.3 Å². The highest BCUT2D eigenvalue weighted by molar-refractivity contribution is 5.85. The molecule has 1 N–H and O–H groups in total. The number of aromatic nitrogens is 3. The highest BCUT2D eigenvalue weighted by atomic mass is 16.5. The number of carbonyl (C=O) groups is 1. The molecule has 0 aliphatic rings. The largest absolute Gasteiger partial charge is 0.493 e. The molecule has 0 fully saturated rings. The fraction of sp³-hybridized carbons (Fsp3) is 0.138. The number of aliphatic carboxylic acids is 1. The predicted molar refractivity (Wildman–Crippen MR) is 141 cm³/mol. The summed E-state index contributed by atoms with van der Waals surface area (Å²) in [6, 6.07) is 18.5. The van der Waals surface area contributed by atoms with Crippen molar-refractivity contribution >= 4 is 12.0 Å². The lowest BCUT2D eigenvalue weighted by molar-refractivity contribution is -0.131. The summed E-state index contributed by atoms with van der Waals surface area (Å²) in [6.07, 6.45) is 5.77. The first-order valence-electron chi connectivity index (χ1n) is 12.0. The number of para-hydroxylation sites is 1. The number of hydrogen-bond acceptors (Lipinski definition) is 8. The second kappa shape index (κ2) is 11.4. The van der Waals surface area contributed by atoms with Crippen LogP contribution in [-0.4, -0.2) is 33.0 Å². The molecular formula is C29H25N3O7. The van der Waals surface area contributed by atoms with Crippen molar-refractivity contribution in [3.05, 3.63) is 102 Å². The summed E-state index contributed by atoms with van der Waals surface area (Å²) < 4.78 is 30.2. The van der Waals surface area contributed by atoms with Crippen LogP contribution in [0.1, 0.15) is 22.6 Å². The summed E-state index contributed by atoms with van der Waals surface area (Å²) in [5.74, 6) is 1.85. The number of hydrogen-bond donors (Lipinski definition) is 1. The van der Waals surface area contributed by atoms with E-state index >= 15 is 0 Å². The number of nitrogens with zero attached hydrogens (tertiary/aromatic N) is 3. The molecule has 5 rings (SSSR count). The number of furan rings is 1. The number of aryl methyl sites for hydroxylation is 1. The average Bonchev–Trinajstić information content (AvgIpc) is 3.70. The molecule has 198 valence electrons. The zero-order chi connectivity index (χ0) is 27.2. The van der Waals surface area contributed by atoms with Crippen LogP contribution in [0, 0.1) is 6.92 Å². The molecule has 2 aromatic carbocycles. The highest BCUT2D eigenvalue weighted by Gasteiger charge is 2.16.